The summed E-state index contributed by atoms with van der Waals surface area (Å²) >= 11 is 1.56. The van der Waals surface area contributed by atoms with Gasteiger partial charge in [-0.15, -0.1) is 11.8 Å². The molecule has 434 valence electrons. The minimum absolute atomic E-state index is 0.108. The summed E-state index contributed by atoms with van der Waals surface area (Å²) in [6.07, 6.45) is 5.13. The van der Waals surface area contributed by atoms with Crippen molar-refractivity contribution in [2.75, 3.05) is 47.2 Å². The number of nitrogens with one attached hydrogen (secondary N) is 2. The average Bonchev–Trinajstić information content (AvgIpc) is 3.94. The normalized spacial score (nSPS) is 20.4. The van der Waals surface area contributed by atoms with Gasteiger partial charge in [0.15, 0.2) is 0 Å². The largest absolute Gasteiger partial charge is 0.480 e. The van der Waals surface area contributed by atoms with E-state index in [2.05, 4.69) is 31.4 Å². The second-order valence-electron chi connectivity index (χ2n) is 24.1. The summed E-state index contributed by atoms with van der Waals surface area (Å²) in [6, 6.07) is 1.36. The van der Waals surface area contributed by atoms with Crippen LogP contribution in [0.3, 0.4) is 0 Å². The minimum Gasteiger partial charge on any atom is -0.480 e. The number of hydrogen-bond donors (Lipinski definition) is 3. The molecule has 1 saturated carbocycles. The highest BCUT2D eigenvalue weighted by Crippen LogP contribution is 2.56. The molecule has 1 spiro atoms. The Bertz CT molecular complexity index is 2200. The highest BCUT2D eigenvalue weighted by Gasteiger charge is 2.56. The second-order valence-corrected chi connectivity index (χ2v) is 25.4. The van der Waals surface area contributed by atoms with Crippen molar-refractivity contribution in [1.29, 1.82) is 0 Å². The molecule has 1 aromatic carbocycles. The van der Waals surface area contributed by atoms with Crippen LogP contribution in [0.2, 0.25) is 0 Å². The maximum atomic E-state index is 14.8. The molecule has 0 radical (unpaired) electrons. The number of unbranched alkanes of at least 4 members (excludes halogenated alkanes) is 2. The number of carboxylic acids is 1. The zero-order valence-corrected chi connectivity index (χ0v) is 49.5. The number of carbonyl (C=O) groups is 8. The number of halogens is 1. The molecule has 10 atom stereocenters. The molecule has 17 nitrogen and oxygen atoms in total. The van der Waals surface area contributed by atoms with E-state index in [0.29, 0.717) is 45.2 Å². The Hall–Kier alpha value is -4.62. The Morgan fingerprint density at radius 1 is 0.896 bits per heavy atom. The minimum atomic E-state index is -1.41. The van der Waals surface area contributed by atoms with Gasteiger partial charge in [0.25, 0.3) is 0 Å². The number of carboxylic acid groups (broad SMARTS) is 1. The average molecular weight is 1100 g/mol. The Morgan fingerprint density at radius 3 is 2.12 bits per heavy atom. The molecular formula is C58H93FN6O11S. The molecule has 19 heteroatoms. The summed E-state index contributed by atoms with van der Waals surface area (Å²) in [6.45, 7) is 20.3. The van der Waals surface area contributed by atoms with Crippen LogP contribution < -0.4 is 10.6 Å². The van der Waals surface area contributed by atoms with Crippen LogP contribution in [-0.2, 0) is 54.3 Å². The molecule has 2 saturated heterocycles. The number of likely N-dealkylation sites (N-methyl/N-ethyl adjacent to an activating group) is 2. The summed E-state index contributed by atoms with van der Waals surface area (Å²) in [4.78, 5) is 115. The first kappa shape index (κ1) is 64.9. The summed E-state index contributed by atoms with van der Waals surface area (Å²) in [5.41, 5.74) is 0.224. The number of methoxy groups -OCH3 is 2. The van der Waals surface area contributed by atoms with E-state index in [1.54, 1.807) is 48.6 Å². The predicted molar refractivity (Wildman–Crippen MR) is 296 cm³/mol. The number of likely N-dealkylation sites (tertiary alicyclic amines) is 2. The first-order valence-electron chi connectivity index (χ1n) is 28.0. The Morgan fingerprint density at radius 2 is 1.56 bits per heavy atom. The lowest BCUT2D eigenvalue weighted by atomic mass is 9.89. The van der Waals surface area contributed by atoms with Crippen molar-refractivity contribution in [3.8, 4) is 0 Å². The van der Waals surface area contributed by atoms with E-state index >= 15 is 0 Å². The molecule has 1 aromatic rings. The summed E-state index contributed by atoms with van der Waals surface area (Å²) in [5.74, 6) is -5.02. The molecule has 7 amide bonds. The predicted octanol–water partition coefficient (Wildman–Crippen LogP) is 7.12. The van der Waals surface area contributed by atoms with Crippen LogP contribution in [0.5, 0.6) is 0 Å². The molecule has 3 fully saturated rings. The lowest BCUT2D eigenvalue weighted by molar-refractivity contribution is -0.149. The topological polar surface area (TPSA) is 212 Å². The fourth-order valence-corrected chi connectivity index (χ4v) is 12.4. The number of thioether (sulfide) groups is 1. The zero-order chi connectivity index (χ0) is 57.7. The maximum Gasteiger partial charge on any atom is 0.326 e. The number of aliphatic carboxylic acids is 1. The van der Waals surface area contributed by atoms with Gasteiger partial charge in [0.05, 0.1) is 41.9 Å². The molecule has 3 aliphatic rings. The fraction of sp³-hybridized carbons (Fsp3) is 0.759. The van der Waals surface area contributed by atoms with E-state index in [1.165, 1.54) is 42.2 Å². The van der Waals surface area contributed by atoms with Crippen LogP contribution in [0.4, 0.5) is 4.39 Å². The SMILES string of the molecule is CC[C@H](C)C(C(CC(=O)N1CC2(CC2)C[C@H]1[C@H](OC)[C@@H](C)C(=O)NC(Cc1ccccc1F)C(=O)O)OC)N(C)C(=O)[C@@H](NC(=O)[C@H](C(C)C)N(C)C(=O)CCCCCN1C(=O)CC(SCCCC(C)(C)C)C1=O)C(C)C. The van der Waals surface area contributed by atoms with E-state index in [1.807, 2.05) is 41.5 Å². The van der Waals surface area contributed by atoms with Crippen molar-refractivity contribution in [3.05, 3.63) is 35.6 Å². The number of imide groups is 1. The maximum absolute atomic E-state index is 14.8. The number of amides is 7. The number of hydrogen-bond acceptors (Lipinski definition) is 11. The molecule has 2 aliphatic heterocycles. The Balaban J connectivity index is 1.40. The fourth-order valence-electron chi connectivity index (χ4n) is 11.3. The number of carbonyl (C=O) groups excluding carboxylic acids is 7. The molecule has 4 rings (SSSR count). The summed E-state index contributed by atoms with van der Waals surface area (Å²) < 4.78 is 26.6. The van der Waals surface area contributed by atoms with Crippen LogP contribution in [0.25, 0.3) is 0 Å². The second kappa shape index (κ2) is 29.0. The summed E-state index contributed by atoms with van der Waals surface area (Å²) in [7, 11) is 6.21. The van der Waals surface area contributed by atoms with Crippen molar-refractivity contribution in [3.63, 3.8) is 0 Å². The van der Waals surface area contributed by atoms with Gasteiger partial charge in [-0.3, -0.25) is 38.5 Å². The van der Waals surface area contributed by atoms with Gasteiger partial charge >= 0.3 is 5.97 Å². The van der Waals surface area contributed by atoms with Crippen LogP contribution in [-0.4, -0.2) is 167 Å². The molecule has 1 aliphatic carbocycles. The molecule has 77 heavy (non-hydrogen) atoms. The Labute approximate surface area is 462 Å². The van der Waals surface area contributed by atoms with Crippen molar-refractivity contribution in [2.45, 2.75) is 200 Å². The molecule has 4 unspecified atom stereocenters. The number of ether oxygens (including phenoxy) is 2. The van der Waals surface area contributed by atoms with Crippen LogP contribution >= 0.6 is 11.8 Å². The monoisotopic (exact) mass is 1100 g/mol. The third-order valence-corrected chi connectivity index (χ3v) is 17.6. The number of benzene rings is 1. The van der Waals surface area contributed by atoms with Gasteiger partial charge in [0.1, 0.15) is 23.9 Å². The molecule has 0 aromatic heterocycles. The highest BCUT2D eigenvalue weighted by atomic mass is 32.2. The van der Waals surface area contributed by atoms with E-state index in [4.69, 9.17) is 9.47 Å². The first-order valence-corrected chi connectivity index (χ1v) is 29.1. The van der Waals surface area contributed by atoms with Gasteiger partial charge in [0.2, 0.25) is 41.4 Å². The van der Waals surface area contributed by atoms with Gasteiger partial charge in [-0.1, -0.05) is 100 Å². The molecule has 2 heterocycles. The zero-order valence-electron chi connectivity index (χ0n) is 48.7. The van der Waals surface area contributed by atoms with Gasteiger partial charge in [0, 0.05) is 60.7 Å². The van der Waals surface area contributed by atoms with Crippen LogP contribution in [0.1, 0.15) is 152 Å². The Kier molecular flexibility index (Phi) is 24.5. The van der Waals surface area contributed by atoms with Gasteiger partial charge in [-0.2, -0.15) is 0 Å². The van der Waals surface area contributed by atoms with Gasteiger partial charge in [-0.05, 0) is 90.9 Å². The molecule has 3 N–H and O–H groups in total. The van der Waals surface area contributed by atoms with Crippen molar-refractivity contribution < 1.29 is 57.3 Å². The number of nitrogens with zero attached hydrogens (tertiary/aromatic N) is 4. The van der Waals surface area contributed by atoms with Crippen LogP contribution in [0, 0.1) is 40.3 Å². The van der Waals surface area contributed by atoms with E-state index in [-0.39, 0.29) is 94.6 Å². The van der Waals surface area contributed by atoms with Crippen molar-refractivity contribution in [1.82, 2.24) is 30.2 Å². The van der Waals surface area contributed by atoms with E-state index < -0.39 is 71.9 Å². The van der Waals surface area contributed by atoms with E-state index in [9.17, 15) is 47.9 Å². The molecular weight excluding hydrogens is 1010 g/mol. The quantitative estimate of drug-likeness (QED) is 0.0501. The standard InChI is InChI=1S/C58H93FN6O11S/c1-15-37(6)50(43(75-13)31-46(67)65-34-58(26-27-58)33-42(65)51(76-14)38(7)52(69)60-41(56(73)74)30-39-22-18-19-23-40(39)59)63(12)55(72)48(35(2)3)61-53(70)49(36(4)5)62(11)45(66)24-17-16-20-28-64-47(68)32-44(54(64)71)77-29-21-25-57(8,9)10/h18-19,22-23,35-38,41-44,48-51H,15-17,20-21,24-34H2,1-14H3,(H,60,69)(H,61,70)(H,73,74)/t37-,38+,41?,42-,43?,44?,48-,49-,50?,51+/m0/s1. The van der Waals surface area contributed by atoms with Gasteiger partial charge < -0.3 is 39.9 Å². The van der Waals surface area contributed by atoms with Crippen molar-refractivity contribution in [2.24, 2.45) is 34.5 Å². The summed E-state index contributed by atoms with van der Waals surface area (Å²) in [5, 5.41) is 15.2. The lowest BCUT2D eigenvalue weighted by Gasteiger charge is -2.41. The third kappa shape index (κ3) is 17.7. The lowest BCUT2D eigenvalue weighted by Crippen LogP contribution is -2.60. The van der Waals surface area contributed by atoms with E-state index in [0.717, 1.165) is 31.4 Å². The van der Waals surface area contributed by atoms with Gasteiger partial charge in [-0.25, -0.2) is 9.18 Å². The highest BCUT2D eigenvalue weighted by molar-refractivity contribution is 8.00. The number of rotatable bonds is 31. The van der Waals surface area contributed by atoms with Crippen LogP contribution in [0.15, 0.2) is 24.3 Å². The first-order chi connectivity index (χ1) is 36.1. The van der Waals surface area contributed by atoms with Crippen molar-refractivity contribution >= 4 is 59.1 Å². The smallest absolute Gasteiger partial charge is 0.326 e. The molecule has 0 bridgehead atoms. The third-order valence-electron chi connectivity index (χ3n) is 16.3.